The number of aromatic nitrogens is 2. The van der Waals surface area contributed by atoms with Crippen LogP contribution in [0.25, 0.3) is 0 Å². The van der Waals surface area contributed by atoms with Crippen molar-refractivity contribution < 1.29 is 14.1 Å². The predicted molar refractivity (Wildman–Crippen MR) is 86.1 cm³/mol. The molecule has 0 saturated heterocycles. The zero-order valence-electron chi connectivity index (χ0n) is 14.5. The third-order valence-corrected chi connectivity index (χ3v) is 3.88. The van der Waals surface area contributed by atoms with E-state index >= 15 is 0 Å². The lowest BCUT2D eigenvalue weighted by atomic mass is 10.0. The molecule has 23 heavy (non-hydrogen) atoms. The highest BCUT2D eigenvalue weighted by atomic mass is 16.6. The Morgan fingerprint density at radius 3 is 2.83 bits per heavy atom. The zero-order valence-corrected chi connectivity index (χ0v) is 14.5. The Hall–Kier alpha value is -1.63. The number of ether oxygens (including phenoxy) is 1. The molecule has 1 heterocycles. The zero-order chi connectivity index (χ0) is 16.9. The van der Waals surface area contributed by atoms with Crippen molar-refractivity contribution in [3.8, 4) is 0 Å². The highest BCUT2D eigenvalue weighted by molar-refractivity contribution is 5.67. The largest absolute Gasteiger partial charge is 0.444 e. The van der Waals surface area contributed by atoms with E-state index in [2.05, 4.69) is 20.8 Å². The van der Waals surface area contributed by atoms with Crippen molar-refractivity contribution in [2.45, 2.75) is 65.0 Å². The van der Waals surface area contributed by atoms with Crippen LogP contribution in [0.4, 0.5) is 4.79 Å². The van der Waals surface area contributed by atoms with Crippen LogP contribution in [0.5, 0.6) is 0 Å². The molecule has 0 aliphatic heterocycles. The minimum Gasteiger partial charge on any atom is -0.444 e. The molecule has 2 atom stereocenters. The second-order valence-corrected chi connectivity index (χ2v) is 7.12. The van der Waals surface area contributed by atoms with E-state index in [-0.39, 0.29) is 6.09 Å². The van der Waals surface area contributed by atoms with Crippen LogP contribution in [0.1, 0.15) is 51.7 Å². The Morgan fingerprint density at radius 2 is 2.17 bits per heavy atom. The molecule has 2 N–H and O–H groups in total. The molecule has 0 spiro atoms. The Bertz CT molecular complexity index is 510. The quantitative estimate of drug-likeness (QED) is 0.834. The van der Waals surface area contributed by atoms with Gasteiger partial charge in [-0.25, -0.2) is 4.79 Å². The lowest BCUT2D eigenvalue weighted by Gasteiger charge is -2.23. The number of rotatable bonds is 6. The molecule has 130 valence electrons. The number of alkyl carbamates (subject to hydrolysis) is 1. The van der Waals surface area contributed by atoms with E-state index < -0.39 is 5.60 Å². The molecule has 2 unspecified atom stereocenters. The molecular weight excluding hydrogens is 296 g/mol. The van der Waals surface area contributed by atoms with Crippen LogP contribution in [0.15, 0.2) is 4.52 Å². The molecule has 7 nitrogen and oxygen atoms in total. The third-order valence-electron chi connectivity index (χ3n) is 3.88. The van der Waals surface area contributed by atoms with E-state index in [1.165, 1.54) is 6.42 Å². The summed E-state index contributed by atoms with van der Waals surface area (Å²) in [4.78, 5) is 15.9. The fourth-order valence-electron chi connectivity index (χ4n) is 2.88. The number of nitrogens with one attached hydrogen (secondary N) is 2. The number of aryl methyl sites for hydroxylation is 1. The summed E-state index contributed by atoms with van der Waals surface area (Å²) in [5.41, 5.74) is -0.459. The second-order valence-electron chi connectivity index (χ2n) is 7.12. The first-order valence-electron chi connectivity index (χ1n) is 8.33. The van der Waals surface area contributed by atoms with Gasteiger partial charge in [-0.1, -0.05) is 11.6 Å². The smallest absolute Gasteiger partial charge is 0.407 e. The van der Waals surface area contributed by atoms with Gasteiger partial charge < -0.3 is 19.9 Å². The summed E-state index contributed by atoms with van der Waals surface area (Å²) in [6.07, 6.45) is 3.81. The molecule has 0 aromatic carbocycles. The van der Waals surface area contributed by atoms with Crippen LogP contribution in [0, 0.1) is 12.8 Å². The molecule has 1 saturated carbocycles. The van der Waals surface area contributed by atoms with Crippen molar-refractivity contribution in [2.24, 2.45) is 5.92 Å². The SMILES string of the molecule is Cc1noc(CCNC2CCCC2CNC(=O)OC(C)(C)C)n1. The van der Waals surface area contributed by atoms with Crippen LogP contribution >= 0.6 is 0 Å². The fourth-order valence-corrected chi connectivity index (χ4v) is 2.88. The molecule has 1 aliphatic carbocycles. The average molecular weight is 324 g/mol. The Morgan fingerprint density at radius 1 is 1.39 bits per heavy atom. The minimum absolute atomic E-state index is 0.343. The lowest BCUT2D eigenvalue weighted by Crippen LogP contribution is -2.41. The lowest BCUT2D eigenvalue weighted by molar-refractivity contribution is 0.0517. The normalized spacial score (nSPS) is 21.4. The fraction of sp³-hybridized carbons (Fsp3) is 0.812. The van der Waals surface area contributed by atoms with E-state index in [0.717, 1.165) is 25.8 Å². The maximum absolute atomic E-state index is 11.7. The molecule has 1 fully saturated rings. The van der Waals surface area contributed by atoms with Gasteiger partial charge in [0, 0.05) is 25.6 Å². The van der Waals surface area contributed by atoms with Crippen molar-refractivity contribution in [1.82, 2.24) is 20.8 Å². The Labute approximate surface area is 137 Å². The van der Waals surface area contributed by atoms with Crippen molar-refractivity contribution in [1.29, 1.82) is 0 Å². The molecule has 1 aromatic rings. The predicted octanol–water partition coefficient (Wildman–Crippen LogP) is 2.20. The standard InChI is InChI=1S/C16H28N4O3/c1-11-19-14(23-20-11)8-9-17-13-7-5-6-12(13)10-18-15(21)22-16(2,3)4/h12-13,17H,5-10H2,1-4H3,(H,18,21). The Balaban J connectivity index is 1.69. The van der Waals surface area contributed by atoms with Gasteiger partial charge in [-0.2, -0.15) is 4.98 Å². The number of hydrogen-bond acceptors (Lipinski definition) is 6. The number of nitrogens with zero attached hydrogens (tertiary/aromatic N) is 2. The van der Waals surface area contributed by atoms with Crippen molar-refractivity contribution in [2.75, 3.05) is 13.1 Å². The highest BCUT2D eigenvalue weighted by Gasteiger charge is 2.27. The Kier molecular flexibility index (Phi) is 5.98. The van der Waals surface area contributed by atoms with E-state index in [1.807, 2.05) is 27.7 Å². The van der Waals surface area contributed by atoms with E-state index in [0.29, 0.717) is 30.2 Å². The van der Waals surface area contributed by atoms with Crippen molar-refractivity contribution in [3.05, 3.63) is 11.7 Å². The summed E-state index contributed by atoms with van der Waals surface area (Å²) in [6, 6.07) is 0.411. The highest BCUT2D eigenvalue weighted by Crippen LogP contribution is 2.25. The van der Waals surface area contributed by atoms with Crippen LogP contribution in [0.2, 0.25) is 0 Å². The van der Waals surface area contributed by atoms with Gasteiger partial charge >= 0.3 is 6.09 Å². The van der Waals surface area contributed by atoms with Gasteiger partial charge in [-0.3, -0.25) is 0 Å². The van der Waals surface area contributed by atoms with Gasteiger partial charge in [-0.15, -0.1) is 0 Å². The van der Waals surface area contributed by atoms with Crippen LogP contribution in [-0.2, 0) is 11.2 Å². The average Bonchev–Trinajstić information content (AvgIpc) is 3.04. The first kappa shape index (κ1) is 17.7. The van der Waals surface area contributed by atoms with Gasteiger partial charge in [-0.05, 0) is 46.5 Å². The van der Waals surface area contributed by atoms with Gasteiger partial charge in [0.15, 0.2) is 5.82 Å². The number of carbonyl (C=O) groups excluding carboxylic acids is 1. The first-order chi connectivity index (χ1) is 10.8. The van der Waals surface area contributed by atoms with Gasteiger partial charge in [0.2, 0.25) is 5.89 Å². The van der Waals surface area contributed by atoms with Crippen LogP contribution < -0.4 is 10.6 Å². The van der Waals surface area contributed by atoms with Gasteiger partial charge in [0.25, 0.3) is 0 Å². The molecule has 0 bridgehead atoms. The topological polar surface area (TPSA) is 89.3 Å². The molecule has 7 heteroatoms. The van der Waals surface area contributed by atoms with Crippen molar-refractivity contribution >= 4 is 6.09 Å². The molecule has 2 rings (SSSR count). The maximum atomic E-state index is 11.7. The van der Waals surface area contributed by atoms with Gasteiger partial charge in [0.05, 0.1) is 0 Å². The third kappa shape index (κ3) is 6.17. The summed E-state index contributed by atoms with van der Waals surface area (Å²) in [5.74, 6) is 1.77. The molecule has 1 amide bonds. The van der Waals surface area contributed by atoms with E-state index in [9.17, 15) is 4.79 Å². The molecule has 1 aliphatic rings. The number of carbonyl (C=O) groups is 1. The minimum atomic E-state index is -0.459. The summed E-state index contributed by atoms with van der Waals surface area (Å²) < 4.78 is 10.4. The monoisotopic (exact) mass is 324 g/mol. The first-order valence-corrected chi connectivity index (χ1v) is 8.33. The van der Waals surface area contributed by atoms with Crippen molar-refractivity contribution in [3.63, 3.8) is 0 Å². The van der Waals surface area contributed by atoms with Crippen LogP contribution in [-0.4, -0.2) is 41.0 Å². The van der Waals surface area contributed by atoms with Crippen LogP contribution in [0.3, 0.4) is 0 Å². The summed E-state index contributed by atoms with van der Waals surface area (Å²) in [6.45, 7) is 8.86. The maximum Gasteiger partial charge on any atom is 0.407 e. The number of amides is 1. The molecular formula is C16H28N4O3. The van der Waals surface area contributed by atoms with E-state index in [1.54, 1.807) is 0 Å². The summed E-state index contributed by atoms with van der Waals surface area (Å²) in [7, 11) is 0. The number of hydrogen-bond donors (Lipinski definition) is 2. The molecule has 0 radical (unpaired) electrons. The second kappa shape index (κ2) is 7.77. The summed E-state index contributed by atoms with van der Waals surface area (Å²) >= 11 is 0. The summed E-state index contributed by atoms with van der Waals surface area (Å²) in [5, 5.41) is 10.2. The molecule has 1 aromatic heterocycles. The van der Waals surface area contributed by atoms with E-state index in [4.69, 9.17) is 9.26 Å². The van der Waals surface area contributed by atoms with Gasteiger partial charge in [0.1, 0.15) is 5.60 Å².